The number of hydrogen-bond acceptors (Lipinski definition) is 5. The van der Waals surface area contributed by atoms with Crippen LogP contribution in [0.4, 0.5) is 11.4 Å². The van der Waals surface area contributed by atoms with Gasteiger partial charge in [-0.3, -0.25) is 14.9 Å². The standard InChI is InChI=1S/C15H22N4O3.ClH/c1-18(13-6-2-3-7-14(13)19(21)22)11-15(20)17-10-12-5-4-8-16-9-12;/h2-3,6-7,12,16H,4-5,8-11H2,1H3,(H,17,20);1H. The summed E-state index contributed by atoms with van der Waals surface area (Å²) in [7, 11) is 1.68. The number of amides is 1. The first-order valence-corrected chi connectivity index (χ1v) is 7.50. The van der Waals surface area contributed by atoms with Crippen molar-refractivity contribution in [3.8, 4) is 0 Å². The lowest BCUT2D eigenvalue weighted by atomic mass is 10.00. The van der Waals surface area contributed by atoms with Gasteiger partial charge in [0.15, 0.2) is 0 Å². The van der Waals surface area contributed by atoms with E-state index in [1.165, 1.54) is 6.07 Å². The second-order valence-electron chi connectivity index (χ2n) is 5.62. The zero-order valence-corrected chi connectivity index (χ0v) is 14.0. The highest BCUT2D eigenvalue weighted by Gasteiger charge is 2.19. The molecular formula is C15H23ClN4O3. The number of anilines is 1. The number of carbonyl (C=O) groups excluding carboxylic acids is 1. The number of nitro groups is 1. The Morgan fingerprint density at radius 3 is 2.87 bits per heavy atom. The number of benzene rings is 1. The SMILES string of the molecule is CN(CC(=O)NCC1CCCNC1)c1ccccc1[N+](=O)[O-].Cl. The van der Waals surface area contributed by atoms with Crippen molar-refractivity contribution in [3.05, 3.63) is 34.4 Å². The van der Waals surface area contributed by atoms with Gasteiger partial charge < -0.3 is 15.5 Å². The van der Waals surface area contributed by atoms with Crippen LogP contribution in [-0.4, -0.2) is 44.1 Å². The van der Waals surface area contributed by atoms with Crippen LogP contribution in [0, 0.1) is 16.0 Å². The predicted octanol–water partition coefficient (Wildman–Crippen LogP) is 1.57. The van der Waals surface area contributed by atoms with Crippen LogP contribution in [0.1, 0.15) is 12.8 Å². The molecule has 2 N–H and O–H groups in total. The van der Waals surface area contributed by atoms with Gasteiger partial charge in [0.05, 0.1) is 11.5 Å². The van der Waals surface area contributed by atoms with Gasteiger partial charge in [-0.2, -0.15) is 0 Å². The minimum absolute atomic E-state index is 0. The van der Waals surface area contributed by atoms with Gasteiger partial charge in [-0.05, 0) is 37.9 Å². The normalized spacial score (nSPS) is 17.0. The van der Waals surface area contributed by atoms with Crippen molar-refractivity contribution < 1.29 is 9.72 Å². The molecule has 1 amide bonds. The fraction of sp³-hybridized carbons (Fsp3) is 0.533. The van der Waals surface area contributed by atoms with Gasteiger partial charge >= 0.3 is 0 Å². The Hall–Kier alpha value is -1.86. The molecule has 0 bridgehead atoms. The predicted molar refractivity (Wildman–Crippen MR) is 92.2 cm³/mol. The summed E-state index contributed by atoms with van der Waals surface area (Å²) >= 11 is 0. The third-order valence-corrected chi connectivity index (χ3v) is 3.86. The topological polar surface area (TPSA) is 87.5 Å². The summed E-state index contributed by atoms with van der Waals surface area (Å²) in [6.45, 7) is 2.73. The number of nitrogens with zero attached hydrogens (tertiary/aromatic N) is 2. The highest BCUT2D eigenvalue weighted by molar-refractivity contribution is 5.85. The molecule has 1 aliphatic heterocycles. The van der Waals surface area contributed by atoms with E-state index in [2.05, 4.69) is 10.6 Å². The first-order chi connectivity index (χ1) is 10.6. The molecule has 2 rings (SSSR count). The summed E-state index contributed by atoms with van der Waals surface area (Å²) in [5, 5.41) is 17.2. The van der Waals surface area contributed by atoms with Crippen molar-refractivity contribution in [2.45, 2.75) is 12.8 Å². The molecule has 23 heavy (non-hydrogen) atoms. The number of carbonyl (C=O) groups is 1. The van der Waals surface area contributed by atoms with E-state index in [1.54, 1.807) is 30.1 Å². The maximum Gasteiger partial charge on any atom is 0.292 e. The Balaban J connectivity index is 0.00000264. The number of nitrogens with one attached hydrogen (secondary N) is 2. The minimum Gasteiger partial charge on any atom is -0.360 e. The van der Waals surface area contributed by atoms with E-state index in [4.69, 9.17) is 0 Å². The van der Waals surface area contributed by atoms with Gasteiger partial charge in [0.1, 0.15) is 5.69 Å². The smallest absolute Gasteiger partial charge is 0.292 e. The van der Waals surface area contributed by atoms with Gasteiger partial charge in [-0.1, -0.05) is 12.1 Å². The molecule has 1 aromatic rings. The van der Waals surface area contributed by atoms with Crippen molar-refractivity contribution in [2.24, 2.45) is 5.92 Å². The second kappa shape index (κ2) is 9.32. The first-order valence-electron chi connectivity index (χ1n) is 7.50. The maximum absolute atomic E-state index is 12.0. The van der Waals surface area contributed by atoms with Crippen LogP contribution >= 0.6 is 12.4 Å². The molecule has 1 atom stereocenters. The molecule has 0 spiro atoms. The summed E-state index contributed by atoms with van der Waals surface area (Å²) in [5.41, 5.74) is 0.455. The third-order valence-electron chi connectivity index (χ3n) is 3.86. The van der Waals surface area contributed by atoms with Crippen LogP contribution in [0.3, 0.4) is 0 Å². The summed E-state index contributed by atoms with van der Waals surface area (Å²) < 4.78 is 0. The molecule has 128 valence electrons. The molecule has 8 heteroatoms. The van der Waals surface area contributed by atoms with E-state index >= 15 is 0 Å². The Bertz CT molecular complexity index is 535. The van der Waals surface area contributed by atoms with Crippen molar-refractivity contribution in [1.82, 2.24) is 10.6 Å². The quantitative estimate of drug-likeness (QED) is 0.605. The lowest BCUT2D eigenvalue weighted by Gasteiger charge is -2.24. The van der Waals surface area contributed by atoms with Gasteiger partial charge in [-0.25, -0.2) is 0 Å². The van der Waals surface area contributed by atoms with E-state index in [-0.39, 0.29) is 30.5 Å². The Morgan fingerprint density at radius 1 is 1.48 bits per heavy atom. The largest absolute Gasteiger partial charge is 0.360 e. The Labute approximate surface area is 142 Å². The molecule has 0 saturated carbocycles. The lowest BCUT2D eigenvalue weighted by molar-refractivity contribution is -0.384. The summed E-state index contributed by atoms with van der Waals surface area (Å²) in [6.07, 6.45) is 2.25. The van der Waals surface area contributed by atoms with E-state index in [0.717, 1.165) is 25.9 Å². The van der Waals surface area contributed by atoms with Crippen LogP contribution in [0.5, 0.6) is 0 Å². The van der Waals surface area contributed by atoms with Crippen LogP contribution in [0.25, 0.3) is 0 Å². The molecule has 0 radical (unpaired) electrons. The van der Waals surface area contributed by atoms with Crippen LogP contribution in [-0.2, 0) is 4.79 Å². The van der Waals surface area contributed by atoms with E-state index in [1.807, 2.05) is 0 Å². The average Bonchev–Trinajstić information content (AvgIpc) is 2.54. The van der Waals surface area contributed by atoms with Crippen LogP contribution < -0.4 is 15.5 Å². The number of hydrogen-bond donors (Lipinski definition) is 2. The van der Waals surface area contributed by atoms with E-state index in [0.29, 0.717) is 18.2 Å². The second-order valence-corrected chi connectivity index (χ2v) is 5.62. The zero-order chi connectivity index (χ0) is 15.9. The fourth-order valence-corrected chi connectivity index (χ4v) is 2.65. The van der Waals surface area contributed by atoms with Gasteiger partial charge in [0, 0.05) is 19.7 Å². The summed E-state index contributed by atoms with van der Waals surface area (Å²) in [6, 6.07) is 6.43. The molecule has 1 aliphatic rings. The monoisotopic (exact) mass is 342 g/mol. The van der Waals surface area contributed by atoms with Crippen LogP contribution in [0.15, 0.2) is 24.3 Å². The Morgan fingerprint density at radius 2 is 2.22 bits per heavy atom. The molecule has 7 nitrogen and oxygen atoms in total. The molecule has 0 aliphatic carbocycles. The fourth-order valence-electron chi connectivity index (χ4n) is 2.65. The van der Waals surface area contributed by atoms with Crippen molar-refractivity contribution in [2.75, 3.05) is 38.1 Å². The zero-order valence-electron chi connectivity index (χ0n) is 13.2. The van der Waals surface area contributed by atoms with Crippen molar-refractivity contribution in [1.29, 1.82) is 0 Å². The summed E-state index contributed by atoms with van der Waals surface area (Å²) in [5.74, 6) is 0.347. The summed E-state index contributed by atoms with van der Waals surface area (Å²) in [4.78, 5) is 24.2. The maximum atomic E-state index is 12.0. The van der Waals surface area contributed by atoms with E-state index < -0.39 is 4.92 Å². The van der Waals surface area contributed by atoms with E-state index in [9.17, 15) is 14.9 Å². The lowest BCUT2D eigenvalue weighted by Crippen LogP contribution is -2.41. The highest BCUT2D eigenvalue weighted by Crippen LogP contribution is 2.26. The first kappa shape index (κ1) is 19.2. The van der Waals surface area contributed by atoms with Gasteiger partial charge in [-0.15, -0.1) is 12.4 Å². The molecule has 1 fully saturated rings. The Kier molecular flexibility index (Phi) is 7.77. The van der Waals surface area contributed by atoms with Crippen molar-refractivity contribution in [3.63, 3.8) is 0 Å². The number of para-hydroxylation sites is 2. The number of nitro benzene ring substituents is 1. The van der Waals surface area contributed by atoms with Gasteiger partial charge in [0.25, 0.3) is 5.69 Å². The average molecular weight is 343 g/mol. The molecular weight excluding hydrogens is 320 g/mol. The molecule has 1 unspecified atom stereocenters. The van der Waals surface area contributed by atoms with Crippen molar-refractivity contribution >= 4 is 29.7 Å². The molecule has 1 saturated heterocycles. The van der Waals surface area contributed by atoms with Crippen LogP contribution in [0.2, 0.25) is 0 Å². The molecule has 0 aromatic heterocycles. The molecule has 1 aromatic carbocycles. The highest BCUT2D eigenvalue weighted by atomic mass is 35.5. The number of piperidine rings is 1. The number of likely N-dealkylation sites (N-methyl/N-ethyl adjacent to an activating group) is 1. The third kappa shape index (κ3) is 5.69. The minimum atomic E-state index is -0.433. The number of rotatable bonds is 6. The molecule has 1 heterocycles. The number of halogens is 1. The van der Waals surface area contributed by atoms with Gasteiger partial charge in [0.2, 0.25) is 5.91 Å².